The fourth-order valence-electron chi connectivity index (χ4n) is 2.80. The van der Waals surface area contributed by atoms with Crippen LogP contribution in [0.3, 0.4) is 0 Å². The van der Waals surface area contributed by atoms with Gasteiger partial charge in [-0.25, -0.2) is 4.79 Å². The minimum atomic E-state index is -0.897. The highest BCUT2D eigenvalue weighted by Gasteiger charge is 2.18. The number of allylic oxidation sites excluding steroid dienone is 1. The summed E-state index contributed by atoms with van der Waals surface area (Å²) in [7, 11) is 1.64. The van der Waals surface area contributed by atoms with Gasteiger partial charge in [0.05, 0.1) is 20.3 Å². The summed E-state index contributed by atoms with van der Waals surface area (Å²) >= 11 is 0. The zero-order chi connectivity index (χ0) is 17.9. The summed E-state index contributed by atoms with van der Waals surface area (Å²) < 4.78 is 16.3. The minimum Gasteiger partial charge on any atom is -0.497 e. The molecule has 2 rings (SSSR count). The third-order valence-electron chi connectivity index (χ3n) is 4.31. The molecule has 1 aliphatic rings. The van der Waals surface area contributed by atoms with Crippen LogP contribution in [0, 0.1) is 0 Å². The van der Waals surface area contributed by atoms with E-state index in [0.717, 1.165) is 24.2 Å². The predicted octanol–water partition coefficient (Wildman–Crippen LogP) is 3.96. The SMILES string of the molecule is COc1ccc(COCCC[C@@H](OCC2=CCCCC2)C(=O)O)cc1. The number of carboxylic acids is 1. The van der Waals surface area contributed by atoms with E-state index in [-0.39, 0.29) is 0 Å². The van der Waals surface area contributed by atoms with E-state index in [1.165, 1.54) is 18.4 Å². The van der Waals surface area contributed by atoms with Crippen molar-refractivity contribution < 1.29 is 24.1 Å². The summed E-state index contributed by atoms with van der Waals surface area (Å²) in [4.78, 5) is 11.3. The number of hydrogen-bond donors (Lipinski definition) is 1. The second-order valence-corrected chi connectivity index (χ2v) is 6.29. The first-order valence-electron chi connectivity index (χ1n) is 8.92. The van der Waals surface area contributed by atoms with Gasteiger partial charge < -0.3 is 19.3 Å². The molecule has 5 heteroatoms. The molecule has 0 fully saturated rings. The van der Waals surface area contributed by atoms with Crippen LogP contribution in [-0.4, -0.2) is 37.5 Å². The molecule has 0 bridgehead atoms. The van der Waals surface area contributed by atoms with Gasteiger partial charge in [0.2, 0.25) is 0 Å². The van der Waals surface area contributed by atoms with E-state index in [0.29, 0.717) is 32.7 Å². The van der Waals surface area contributed by atoms with Crippen molar-refractivity contribution in [2.75, 3.05) is 20.3 Å². The van der Waals surface area contributed by atoms with E-state index in [1.807, 2.05) is 24.3 Å². The van der Waals surface area contributed by atoms with E-state index >= 15 is 0 Å². The largest absolute Gasteiger partial charge is 0.497 e. The minimum absolute atomic E-state index is 0.434. The maximum absolute atomic E-state index is 11.3. The fourth-order valence-corrected chi connectivity index (χ4v) is 2.80. The Morgan fingerprint density at radius 2 is 2.00 bits per heavy atom. The summed E-state index contributed by atoms with van der Waals surface area (Å²) in [6.07, 6.45) is 7.04. The first-order chi connectivity index (χ1) is 12.2. The van der Waals surface area contributed by atoms with Crippen LogP contribution in [0.25, 0.3) is 0 Å². The van der Waals surface area contributed by atoms with Crippen LogP contribution < -0.4 is 4.74 Å². The summed E-state index contributed by atoms with van der Waals surface area (Å²) in [5.41, 5.74) is 2.30. The number of benzene rings is 1. The highest BCUT2D eigenvalue weighted by atomic mass is 16.5. The zero-order valence-corrected chi connectivity index (χ0v) is 14.9. The Morgan fingerprint density at radius 1 is 1.20 bits per heavy atom. The molecule has 1 aliphatic carbocycles. The van der Waals surface area contributed by atoms with Crippen molar-refractivity contribution in [3.05, 3.63) is 41.5 Å². The Balaban J connectivity index is 1.63. The lowest BCUT2D eigenvalue weighted by Crippen LogP contribution is -2.25. The Bertz CT molecular complexity index is 550. The van der Waals surface area contributed by atoms with Gasteiger partial charge in [-0.05, 0) is 61.8 Å². The van der Waals surface area contributed by atoms with Gasteiger partial charge in [-0.2, -0.15) is 0 Å². The average Bonchev–Trinajstić information content (AvgIpc) is 2.65. The van der Waals surface area contributed by atoms with Crippen molar-refractivity contribution in [1.82, 2.24) is 0 Å². The molecule has 0 saturated carbocycles. The maximum Gasteiger partial charge on any atom is 0.332 e. The summed E-state index contributed by atoms with van der Waals surface area (Å²) in [5, 5.41) is 9.29. The van der Waals surface area contributed by atoms with Crippen LogP contribution in [0.2, 0.25) is 0 Å². The molecule has 0 aromatic heterocycles. The smallest absolute Gasteiger partial charge is 0.332 e. The van der Waals surface area contributed by atoms with Crippen molar-refractivity contribution in [2.24, 2.45) is 0 Å². The molecule has 5 nitrogen and oxygen atoms in total. The fraction of sp³-hybridized carbons (Fsp3) is 0.550. The Labute approximate surface area is 149 Å². The summed E-state index contributed by atoms with van der Waals surface area (Å²) in [6.45, 7) is 1.46. The predicted molar refractivity (Wildman–Crippen MR) is 95.8 cm³/mol. The Hall–Kier alpha value is -1.85. The highest BCUT2D eigenvalue weighted by molar-refractivity contribution is 5.72. The van der Waals surface area contributed by atoms with Gasteiger partial charge in [0, 0.05) is 6.61 Å². The van der Waals surface area contributed by atoms with Crippen LogP contribution in [0.1, 0.15) is 44.1 Å². The molecule has 0 amide bonds. The van der Waals surface area contributed by atoms with Crippen molar-refractivity contribution >= 4 is 5.97 Å². The third kappa shape index (κ3) is 7.28. The lowest BCUT2D eigenvalue weighted by atomic mass is 10.0. The number of methoxy groups -OCH3 is 1. The van der Waals surface area contributed by atoms with E-state index < -0.39 is 12.1 Å². The van der Waals surface area contributed by atoms with Gasteiger partial charge in [0.25, 0.3) is 0 Å². The molecule has 1 aromatic carbocycles. The third-order valence-corrected chi connectivity index (χ3v) is 4.31. The van der Waals surface area contributed by atoms with Crippen molar-refractivity contribution in [3.8, 4) is 5.75 Å². The highest BCUT2D eigenvalue weighted by Crippen LogP contribution is 2.18. The van der Waals surface area contributed by atoms with Gasteiger partial charge >= 0.3 is 5.97 Å². The van der Waals surface area contributed by atoms with Crippen molar-refractivity contribution in [1.29, 1.82) is 0 Å². The number of carbonyl (C=O) groups is 1. The van der Waals surface area contributed by atoms with Gasteiger partial charge in [-0.1, -0.05) is 18.2 Å². The second kappa shape index (κ2) is 10.9. The quantitative estimate of drug-likeness (QED) is 0.484. The molecule has 0 aliphatic heterocycles. The number of ether oxygens (including phenoxy) is 3. The van der Waals surface area contributed by atoms with Crippen LogP contribution in [0.15, 0.2) is 35.9 Å². The van der Waals surface area contributed by atoms with Gasteiger partial charge in [0.1, 0.15) is 5.75 Å². The zero-order valence-electron chi connectivity index (χ0n) is 14.9. The van der Waals surface area contributed by atoms with Crippen LogP contribution >= 0.6 is 0 Å². The molecule has 0 radical (unpaired) electrons. The Kier molecular flexibility index (Phi) is 8.49. The van der Waals surface area contributed by atoms with E-state index in [9.17, 15) is 9.90 Å². The van der Waals surface area contributed by atoms with Gasteiger partial charge in [-0.15, -0.1) is 0 Å². The monoisotopic (exact) mass is 348 g/mol. The van der Waals surface area contributed by atoms with Crippen LogP contribution in [-0.2, 0) is 20.9 Å². The van der Waals surface area contributed by atoms with E-state index in [1.54, 1.807) is 7.11 Å². The van der Waals surface area contributed by atoms with Crippen LogP contribution in [0.5, 0.6) is 5.75 Å². The summed E-state index contributed by atoms with van der Waals surface area (Å²) in [6, 6.07) is 7.71. The molecule has 138 valence electrons. The lowest BCUT2D eigenvalue weighted by molar-refractivity contribution is -0.150. The molecule has 1 aromatic rings. The maximum atomic E-state index is 11.3. The van der Waals surface area contributed by atoms with Crippen LogP contribution in [0.4, 0.5) is 0 Å². The first kappa shape index (κ1) is 19.5. The molecule has 0 saturated heterocycles. The standard InChI is InChI=1S/C20H28O5/c1-23-18-11-9-17(10-12-18)14-24-13-5-8-19(20(21)22)25-15-16-6-3-2-4-7-16/h6,9-12,19H,2-5,7-8,13-15H2,1H3,(H,21,22)/t19-/m1/s1. The van der Waals surface area contributed by atoms with E-state index in [2.05, 4.69) is 6.08 Å². The number of rotatable bonds is 11. The normalized spacial score (nSPS) is 15.5. The van der Waals surface area contributed by atoms with Crippen molar-refractivity contribution in [3.63, 3.8) is 0 Å². The number of hydrogen-bond acceptors (Lipinski definition) is 4. The first-order valence-corrected chi connectivity index (χ1v) is 8.92. The molecule has 1 atom stereocenters. The molecule has 0 unspecified atom stereocenters. The summed E-state index contributed by atoms with van der Waals surface area (Å²) in [5.74, 6) is -0.0788. The number of aliphatic carboxylic acids is 1. The molecule has 25 heavy (non-hydrogen) atoms. The molecule has 0 heterocycles. The molecular weight excluding hydrogens is 320 g/mol. The average molecular weight is 348 g/mol. The number of carboxylic acid groups (broad SMARTS) is 1. The topological polar surface area (TPSA) is 65.0 Å². The lowest BCUT2D eigenvalue weighted by Gasteiger charge is -2.17. The molecular formula is C20H28O5. The van der Waals surface area contributed by atoms with Crippen molar-refractivity contribution in [2.45, 2.75) is 51.2 Å². The van der Waals surface area contributed by atoms with Gasteiger partial charge in [0.15, 0.2) is 6.10 Å². The molecule has 1 N–H and O–H groups in total. The molecule has 0 spiro atoms. The second-order valence-electron chi connectivity index (χ2n) is 6.29. The van der Waals surface area contributed by atoms with E-state index in [4.69, 9.17) is 14.2 Å². The Morgan fingerprint density at radius 3 is 2.64 bits per heavy atom. The van der Waals surface area contributed by atoms with Gasteiger partial charge in [-0.3, -0.25) is 0 Å².